The zero-order valence-electron chi connectivity index (χ0n) is 10.8. The number of hydrogen-bond donors (Lipinski definition) is 1. The van der Waals surface area contributed by atoms with E-state index in [4.69, 9.17) is 5.73 Å². The molecule has 2 N–H and O–H groups in total. The van der Waals surface area contributed by atoms with E-state index in [2.05, 4.69) is 63.4 Å². The molecule has 16 heavy (non-hydrogen) atoms. The second kappa shape index (κ2) is 5.21. The maximum absolute atomic E-state index is 6.24. The Balaban J connectivity index is 3.03. The lowest BCUT2D eigenvalue weighted by Gasteiger charge is -2.36. The summed E-state index contributed by atoms with van der Waals surface area (Å²) in [4.78, 5) is 3.46. The van der Waals surface area contributed by atoms with Gasteiger partial charge in [-0.2, -0.15) is 0 Å². The number of likely N-dealkylation sites (N-methyl/N-ethyl adjacent to an activating group) is 1. The van der Waals surface area contributed by atoms with E-state index in [1.165, 1.54) is 10.5 Å². The maximum atomic E-state index is 6.24. The number of benzene rings is 1. The number of nitrogens with two attached hydrogens (primary N) is 1. The quantitative estimate of drug-likeness (QED) is 0.818. The molecule has 90 valence electrons. The van der Waals surface area contributed by atoms with Crippen molar-refractivity contribution in [3.63, 3.8) is 0 Å². The normalized spacial score (nSPS) is 14.2. The minimum Gasteiger partial charge on any atom is -0.324 e. The molecule has 1 atom stereocenters. The SMILES string of the molecule is CSc1ccc(C(N(C)C)C(C)(C)N)cc1. The molecule has 1 aromatic rings. The van der Waals surface area contributed by atoms with Gasteiger partial charge in [-0.05, 0) is 51.9 Å². The van der Waals surface area contributed by atoms with Gasteiger partial charge in [-0.25, -0.2) is 0 Å². The number of rotatable bonds is 4. The van der Waals surface area contributed by atoms with Crippen LogP contribution in [-0.2, 0) is 0 Å². The Morgan fingerprint density at radius 1 is 1.19 bits per heavy atom. The Kier molecular flexibility index (Phi) is 4.42. The summed E-state index contributed by atoms with van der Waals surface area (Å²) in [5.74, 6) is 0. The van der Waals surface area contributed by atoms with E-state index in [0.29, 0.717) is 0 Å². The minimum absolute atomic E-state index is 0.239. The molecule has 0 amide bonds. The first-order valence-corrected chi connectivity index (χ1v) is 6.68. The molecule has 0 aromatic heterocycles. The molecule has 0 saturated heterocycles. The van der Waals surface area contributed by atoms with Crippen LogP contribution >= 0.6 is 11.8 Å². The molecule has 0 aliphatic rings. The molecule has 2 nitrogen and oxygen atoms in total. The predicted molar refractivity (Wildman–Crippen MR) is 72.9 cm³/mol. The highest BCUT2D eigenvalue weighted by Gasteiger charge is 2.28. The number of nitrogens with zero attached hydrogens (tertiary/aromatic N) is 1. The van der Waals surface area contributed by atoms with E-state index in [0.717, 1.165) is 0 Å². The van der Waals surface area contributed by atoms with Crippen LogP contribution in [0.4, 0.5) is 0 Å². The third-order valence-corrected chi connectivity index (χ3v) is 3.40. The van der Waals surface area contributed by atoms with Crippen LogP contribution in [0.3, 0.4) is 0 Å². The Hall–Kier alpha value is -0.510. The molecule has 0 radical (unpaired) electrons. The van der Waals surface area contributed by atoms with Crippen LogP contribution in [0.15, 0.2) is 29.2 Å². The molecule has 0 heterocycles. The van der Waals surface area contributed by atoms with Crippen LogP contribution in [-0.4, -0.2) is 30.8 Å². The fourth-order valence-electron chi connectivity index (χ4n) is 2.18. The van der Waals surface area contributed by atoms with Gasteiger partial charge in [-0.1, -0.05) is 12.1 Å². The maximum Gasteiger partial charge on any atom is 0.0517 e. The first-order chi connectivity index (χ1) is 7.36. The van der Waals surface area contributed by atoms with E-state index in [-0.39, 0.29) is 11.6 Å². The third kappa shape index (κ3) is 3.24. The average Bonchev–Trinajstić information content (AvgIpc) is 2.16. The molecule has 0 aliphatic carbocycles. The molecule has 0 saturated carbocycles. The lowest BCUT2D eigenvalue weighted by atomic mass is 9.89. The van der Waals surface area contributed by atoms with E-state index in [1.54, 1.807) is 11.8 Å². The van der Waals surface area contributed by atoms with Crippen LogP contribution in [0.5, 0.6) is 0 Å². The molecule has 3 heteroatoms. The van der Waals surface area contributed by atoms with Gasteiger partial charge in [0.2, 0.25) is 0 Å². The summed E-state index contributed by atoms with van der Waals surface area (Å²) in [6, 6.07) is 8.89. The van der Waals surface area contributed by atoms with Gasteiger partial charge in [0.25, 0.3) is 0 Å². The van der Waals surface area contributed by atoms with Crippen LogP contribution in [0, 0.1) is 0 Å². The zero-order chi connectivity index (χ0) is 12.3. The van der Waals surface area contributed by atoms with Crippen molar-refractivity contribution in [2.75, 3.05) is 20.4 Å². The van der Waals surface area contributed by atoms with E-state index < -0.39 is 0 Å². The molecule has 1 unspecified atom stereocenters. The highest BCUT2D eigenvalue weighted by atomic mass is 32.2. The smallest absolute Gasteiger partial charge is 0.0517 e. The third-order valence-electron chi connectivity index (χ3n) is 2.65. The van der Waals surface area contributed by atoms with Crippen molar-refractivity contribution >= 4 is 11.8 Å². The summed E-state index contributed by atoms with van der Waals surface area (Å²) >= 11 is 1.76. The molecular weight excluding hydrogens is 216 g/mol. The minimum atomic E-state index is -0.246. The average molecular weight is 238 g/mol. The first kappa shape index (κ1) is 13.6. The summed E-state index contributed by atoms with van der Waals surface area (Å²) in [5, 5.41) is 0. The van der Waals surface area contributed by atoms with Gasteiger partial charge in [0.1, 0.15) is 0 Å². The van der Waals surface area contributed by atoms with Gasteiger partial charge in [-0.15, -0.1) is 11.8 Å². The van der Waals surface area contributed by atoms with Crippen LogP contribution in [0.1, 0.15) is 25.5 Å². The fraction of sp³-hybridized carbons (Fsp3) is 0.538. The van der Waals surface area contributed by atoms with E-state index in [9.17, 15) is 0 Å². The number of hydrogen-bond acceptors (Lipinski definition) is 3. The molecule has 0 fully saturated rings. The van der Waals surface area contributed by atoms with Crippen molar-refractivity contribution in [3.8, 4) is 0 Å². The molecule has 0 spiro atoms. The van der Waals surface area contributed by atoms with Crippen LogP contribution < -0.4 is 5.73 Å². The molecule has 1 rings (SSSR count). The molecule has 0 bridgehead atoms. The van der Waals surface area contributed by atoms with Crippen molar-refractivity contribution in [1.29, 1.82) is 0 Å². The summed E-state index contributed by atoms with van der Waals surface area (Å²) < 4.78 is 0. The van der Waals surface area contributed by atoms with Gasteiger partial charge < -0.3 is 10.6 Å². The number of thioether (sulfide) groups is 1. The van der Waals surface area contributed by atoms with Crippen LogP contribution in [0.2, 0.25) is 0 Å². The zero-order valence-corrected chi connectivity index (χ0v) is 11.6. The van der Waals surface area contributed by atoms with Crippen molar-refractivity contribution in [2.24, 2.45) is 5.73 Å². The molecular formula is C13H22N2S. The summed E-state index contributed by atoms with van der Waals surface area (Å²) in [5.41, 5.74) is 7.26. The highest BCUT2D eigenvalue weighted by Crippen LogP contribution is 2.29. The summed E-state index contributed by atoms with van der Waals surface area (Å²) in [6.45, 7) is 4.14. The van der Waals surface area contributed by atoms with E-state index >= 15 is 0 Å². The lowest BCUT2D eigenvalue weighted by Crippen LogP contribution is -2.45. The van der Waals surface area contributed by atoms with Crippen molar-refractivity contribution in [2.45, 2.75) is 30.3 Å². The highest BCUT2D eigenvalue weighted by molar-refractivity contribution is 7.98. The van der Waals surface area contributed by atoms with E-state index in [1.807, 2.05) is 0 Å². The summed E-state index contributed by atoms with van der Waals surface area (Å²) in [7, 11) is 4.14. The van der Waals surface area contributed by atoms with Crippen molar-refractivity contribution in [3.05, 3.63) is 29.8 Å². The Morgan fingerprint density at radius 2 is 1.69 bits per heavy atom. The second-order valence-corrected chi connectivity index (χ2v) is 5.84. The van der Waals surface area contributed by atoms with Gasteiger partial charge in [0.15, 0.2) is 0 Å². The van der Waals surface area contributed by atoms with Crippen molar-refractivity contribution < 1.29 is 0 Å². The van der Waals surface area contributed by atoms with Crippen molar-refractivity contribution in [1.82, 2.24) is 4.90 Å². The lowest BCUT2D eigenvalue weighted by molar-refractivity contribution is 0.205. The van der Waals surface area contributed by atoms with Gasteiger partial charge in [-0.3, -0.25) is 0 Å². The standard InChI is InChI=1S/C13H22N2S/c1-13(2,14)12(15(3)4)10-6-8-11(16-5)9-7-10/h6-9,12H,14H2,1-5H3. The van der Waals surface area contributed by atoms with Gasteiger partial charge >= 0.3 is 0 Å². The molecule has 0 aliphatic heterocycles. The first-order valence-electron chi connectivity index (χ1n) is 5.45. The molecule has 1 aromatic carbocycles. The second-order valence-electron chi connectivity index (χ2n) is 4.96. The Labute approximate surface area is 103 Å². The Morgan fingerprint density at radius 3 is 2.00 bits per heavy atom. The largest absolute Gasteiger partial charge is 0.324 e. The summed E-state index contributed by atoms with van der Waals surface area (Å²) in [6.07, 6.45) is 2.09. The monoisotopic (exact) mass is 238 g/mol. The Bertz CT molecular complexity index is 325. The predicted octanol–water partition coefficient (Wildman–Crippen LogP) is 2.75. The van der Waals surface area contributed by atoms with Gasteiger partial charge in [0, 0.05) is 10.4 Å². The fourth-order valence-corrected chi connectivity index (χ4v) is 2.59. The topological polar surface area (TPSA) is 29.3 Å². The van der Waals surface area contributed by atoms with Gasteiger partial charge in [0.05, 0.1) is 6.04 Å². The van der Waals surface area contributed by atoms with Crippen LogP contribution in [0.25, 0.3) is 0 Å².